The maximum absolute atomic E-state index is 11.2. The zero-order chi connectivity index (χ0) is 13.0. The second-order valence-electron chi connectivity index (χ2n) is 3.61. The Bertz CT molecular complexity index is 551. The summed E-state index contributed by atoms with van der Waals surface area (Å²) in [6.07, 6.45) is 0.672. The number of aromatic nitrogens is 2. The summed E-state index contributed by atoms with van der Waals surface area (Å²) in [6.45, 7) is 2.05. The standard InChI is InChI=1S/C12H13N3O3/c1-2-11-14-10(15-18-11)7-17-9-6-4-3-5-8(9)12(13)16/h3-6H,2,7H2,1H3,(H2,13,16). The van der Waals surface area contributed by atoms with Gasteiger partial charge in [0, 0.05) is 6.42 Å². The molecule has 2 N–H and O–H groups in total. The lowest BCUT2D eigenvalue weighted by Gasteiger charge is -2.06. The summed E-state index contributed by atoms with van der Waals surface area (Å²) in [7, 11) is 0. The van der Waals surface area contributed by atoms with E-state index in [1.807, 2.05) is 6.92 Å². The molecule has 0 spiro atoms. The van der Waals surface area contributed by atoms with E-state index in [1.165, 1.54) is 0 Å². The van der Waals surface area contributed by atoms with Crippen molar-refractivity contribution in [1.82, 2.24) is 10.1 Å². The van der Waals surface area contributed by atoms with Crippen LogP contribution in [0.25, 0.3) is 0 Å². The number of benzene rings is 1. The fraction of sp³-hybridized carbons (Fsp3) is 0.250. The summed E-state index contributed by atoms with van der Waals surface area (Å²) < 4.78 is 10.4. The number of nitrogens with two attached hydrogens (primary N) is 1. The van der Waals surface area contributed by atoms with E-state index in [0.717, 1.165) is 0 Å². The average Bonchev–Trinajstić information content (AvgIpc) is 2.84. The first kappa shape index (κ1) is 12.1. The summed E-state index contributed by atoms with van der Waals surface area (Å²) >= 11 is 0. The van der Waals surface area contributed by atoms with Gasteiger partial charge < -0.3 is 15.0 Å². The van der Waals surface area contributed by atoms with Crippen LogP contribution in [0.3, 0.4) is 0 Å². The van der Waals surface area contributed by atoms with E-state index in [-0.39, 0.29) is 6.61 Å². The molecular formula is C12H13N3O3. The van der Waals surface area contributed by atoms with Crippen molar-refractivity contribution >= 4 is 5.91 Å². The van der Waals surface area contributed by atoms with E-state index in [0.29, 0.717) is 29.4 Å². The molecule has 1 heterocycles. The third-order valence-corrected chi connectivity index (χ3v) is 2.32. The van der Waals surface area contributed by atoms with E-state index in [9.17, 15) is 4.79 Å². The van der Waals surface area contributed by atoms with Crippen LogP contribution in [-0.2, 0) is 13.0 Å². The van der Waals surface area contributed by atoms with Gasteiger partial charge in [-0.25, -0.2) is 0 Å². The molecule has 0 unspecified atom stereocenters. The van der Waals surface area contributed by atoms with Gasteiger partial charge in [-0.15, -0.1) is 0 Å². The third-order valence-electron chi connectivity index (χ3n) is 2.32. The zero-order valence-corrected chi connectivity index (χ0v) is 9.92. The van der Waals surface area contributed by atoms with Gasteiger partial charge in [0.25, 0.3) is 5.91 Å². The lowest BCUT2D eigenvalue weighted by molar-refractivity contribution is 0.0995. The van der Waals surface area contributed by atoms with Crippen LogP contribution < -0.4 is 10.5 Å². The first-order chi connectivity index (χ1) is 8.70. The van der Waals surface area contributed by atoms with Crippen LogP contribution in [0.15, 0.2) is 28.8 Å². The summed E-state index contributed by atoms with van der Waals surface area (Å²) in [5.74, 6) is 0.865. The van der Waals surface area contributed by atoms with Crippen molar-refractivity contribution < 1.29 is 14.1 Å². The Labute approximate surface area is 104 Å². The highest BCUT2D eigenvalue weighted by atomic mass is 16.5. The lowest BCUT2D eigenvalue weighted by atomic mass is 10.2. The van der Waals surface area contributed by atoms with Crippen LogP contribution in [-0.4, -0.2) is 16.0 Å². The summed E-state index contributed by atoms with van der Waals surface area (Å²) in [5, 5.41) is 3.75. The molecule has 1 aromatic carbocycles. The molecule has 6 nitrogen and oxygen atoms in total. The number of carbonyl (C=O) groups is 1. The highest BCUT2D eigenvalue weighted by molar-refractivity contribution is 5.95. The largest absolute Gasteiger partial charge is 0.485 e. The number of hydrogen-bond donors (Lipinski definition) is 1. The van der Waals surface area contributed by atoms with Crippen molar-refractivity contribution in [1.29, 1.82) is 0 Å². The molecule has 18 heavy (non-hydrogen) atoms. The minimum Gasteiger partial charge on any atom is -0.485 e. The van der Waals surface area contributed by atoms with Gasteiger partial charge in [0.1, 0.15) is 5.75 Å². The van der Waals surface area contributed by atoms with Crippen LogP contribution in [0.1, 0.15) is 29.0 Å². The smallest absolute Gasteiger partial charge is 0.252 e. The van der Waals surface area contributed by atoms with Gasteiger partial charge in [0.05, 0.1) is 5.56 Å². The van der Waals surface area contributed by atoms with Crippen molar-refractivity contribution in [3.63, 3.8) is 0 Å². The topological polar surface area (TPSA) is 91.2 Å². The van der Waals surface area contributed by atoms with Crippen molar-refractivity contribution in [3.05, 3.63) is 41.5 Å². The quantitative estimate of drug-likeness (QED) is 0.860. The zero-order valence-electron chi connectivity index (χ0n) is 9.92. The van der Waals surface area contributed by atoms with Crippen molar-refractivity contribution in [3.8, 4) is 5.75 Å². The molecule has 6 heteroatoms. The van der Waals surface area contributed by atoms with Crippen LogP contribution in [0, 0.1) is 0 Å². The number of nitrogens with zero attached hydrogens (tertiary/aromatic N) is 2. The van der Waals surface area contributed by atoms with Gasteiger partial charge in [0.2, 0.25) is 11.7 Å². The Morgan fingerprint density at radius 3 is 2.89 bits per heavy atom. The molecule has 0 saturated heterocycles. The van der Waals surface area contributed by atoms with Crippen LogP contribution in [0.4, 0.5) is 0 Å². The third kappa shape index (κ3) is 2.65. The molecule has 0 bridgehead atoms. The summed E-state index contributed by atoms with van der Waals surface area (Å²) in [6, 6.07) is 6.75. The molecule has 0 aliphatic heterocycles. The molecule has 0 saturated carbocycles. The average molecular weight is 247 g/mol. The van der Waals surface area contributed by atoms with Gasteiger partial charge in [-0.2, -0.15) is 4.98 Å². The fourth-order valence-corrected chi connectivity index (χ4v) is 1.43. The Kier molecular flexibility index (Phi) is 3.57. The van der Waals surface area contributed by atoms with E-state index in [4.69, 9.17) is 15.0 Å². The van der Waals surface area contributed by atoms with Crippen LogP contribution in [0.5, 0.6) is 5.75 Å². The van der Waals surface area contributed by atoms with Crippen molar-refractivity contribution in [2.75, 3.05) is 0 Å². The van der Waals surface area contributed by atoms with E-state index < -0.39 is 5.91 Å². The molecule has 1 amide bonds. The maximum atomic E-state index is 11.2. The molecule has 1 aromatic heterocycles. The predicted molar refractivity (Wildman–Crippen MR) is 63.0 cm³/mol. The van der Waals surface area contributed by atoms with E-state index in [2.05, 4.69) is 10.1 Å². The Morgan fingerprint density at radius 1 is 1.44 bits per heavy atom. The molecule has 0 atom stereocenters. The van der Waals surface area contributed by atoms with Gasteiger partial charge in [-0.1, -0.05) is 24.2 Å². The maximum Gasteiger partial charge on any atom is 0.252 e. The van der Waals surface area contributed by atoms with Gasteiger partial charge in [-0.05, 0) is 12.1 Å². The normalized spacial score (nSPS) is 10.3. The molecule has 94 valence electrons. The molecule has 2 aromatic rings. The number of ether oxygens (including phenoxy) is 1. The van der Waals surface area contributed by atoms with E-state index in [1.54, 1.807) is 24.3 Å². The number of amides is 1. The SMILES string of the molecule is CCc1nc(COc2ccccc2C(N)=O)no1. The molecule has 0 fully saturated rings. The number of rotatable bonds is 5. The molecule has 0 radical (unpaired) electrons. The molecule has 0 aliphatic carbocycles. The first-order valence-electron chi connectivity index (χ1n) is 5.53. The fourth-order valence-electron chi connectivity index (χ4n) is 1.43. The monoisotopic (exact) mass is 247 g/mol. The Balaban J connectivity index is 2.08. The molecule has 0 aliphatic rings. The highest BCUT2D eigenvalue weighted by Gasteiger charge is 2.10. The Hall–Kier alpha value is -2.37. The van der Waals surface area contributed by atoms with Crippen LogP contribution in [0.2, 0.25) is 0 Å². The van der Waals surface area contributed by atoms with E-state index >= 15 is 0 Å². The second-order valence-corrected chi connectivity index (χ2v) is 3.61. The van der Waals surface area contributed by atoms with Gasteiger partial charge in [-0.3, -0.25) is 4.79 Å². The van der Waals surface area contributed by atoms with Crippen molar-refractivity contribution in [2.45, 2.75) is 20.0 Å². The number of para-hydroxylation sites is 1. The van der Waals surface area contributed by atoms with Gasteiger partial charge in [0.15, 0.2) is 6.61 Å². The summed E-state index contributed by atoms with van der Waals surface area (Å²) in [4.78, 5) is 15.3. The number of primary amides is 1. The highest BCUT2D eigenvalue weighted by Crippen LogP contribution is 2.18. The van der Waals surface area contributed by atoms with Crippen molar-refractivity contribution in [2.24, 2.45) is 5.73 Å². The van der Waals surface area contributed by atoms with Gasteiger partial charge >= 0.3 is 0 Å². The minimum atomic E-state index is -0.534. The molecular weight excluding hydrogens is 234 g/mol. The second kappa shape index (κ2) is 5.31. The number of hydrogen-bond acceptors (Lipinski definition) is 5. The Morgan fingerprint density at radius 2 is 2.22 bits per heavy atom. The van der Waals surface area contributed by atoms with Crippen LogP contribution >= 0.6 is 0 Å². The molecule has 2 rings (SSSR count). The number of aryl methyl sites for hydroxylation is 1. The lowest BCUT2D eigenvalue weighted by Crippen LogP contribution is -2.13. The number of carbonyl (C=O) groups excluding carboxylic acids is 1. The first-order valence-corrected chi connectivity index (χ1v) is 5.53. The predicted octanol–water partition coefficient (Wildman–Crippen LogP) is 1.31. The summed E-state index contributed by atoms with van der Waals surface area (Å²) in [5.41, 5.74) is 5.57. The minimum absolute atomic E-state index is 0.133.